The maximum absolute atomic E-state index is 13.5. The standard InChI is InChI=1S/C22H22FN5O2S/c1-13(2)31(29,30)28-19-11-15(5-10-18(19)26-22(28)24)21-20(14-3-6-16(23)7-4-14)25-12-27(21)17-8-9-17/h3-7,10-13,17H,8-9H2,1-2H3,(H2,24,26). The third kappa shape index (κ3) is 3.20. The van der Waals surface area contributed by atoms with E-state index in [4.69, 9.17) is 5.73 Å². The van der Waals surface area contributed by atoms with E-state index in [9.17, 15) is 12.8 Å². The minimum atomic E-state index is -3.69. The number of nitrogen functional groups attached to an aromatic ring is 1. The lowest BCUT2D eigenvalue weighted by molar-refractivity contribution is 0.580. The largest absolute Gasteiger partial charge is 0.368 e. The summed E-state index contributed by atoms with van der Waals surface area (Å²) in [7, 11) is -3.69. The Morgan fingerprint density at radius 2 is 1.77 bits per heavy atom. The Kier molecular flexibility index (Phi) is 4.40. The lowest BCUT2D eigenvalue weighted by Crippen LogP contribution is -2.23. The number of nitrogens with zero attached hydrogens (tertiary/aromatic N) is 4. The van der Waals surface area contributed by atoms with Gasteiger partial charge in [-0.05, 0) is 63.1 Å². The van der Waals surface area contributed by atoms with E-state index in [1.165, 1.54) is 12.1 Å². The third-order valence-corrected chi connectivity index (χ3v) is 7.70. The van der Waals surface area contributed by atoms with Crippen molar-refractivity contribution < 1.29 is 12.8 Å². The first kappa shape index (κ1) is 19.7. The number of nitrogens with two attached hydrogens (primary N) is 1. The van der Waals surface area contributed by atoms with E-state index in [0.29, 0.717) is 17.1 Å². The molecular weight excluding hydrogens is 417 g/mol. The number of fused-ring (bicyclic) bond motifs is 1. The Labute approximate surface area is 179 Å². The molecule has 4 aromatic rings. The molecule has 0 atom stereocenters. The summed E-state index contributed by atoms with van der Waals surface area (Å²) in [5.74, 6) is -0.373. The first-order chi connectivity index (χ1) is 14.8. The van der Waals surface area contributed by atoms with Crippen molar-refractivity contribution >= 4 is 27.0 Å². The maximum atomic E-state index is 13.5. The normalized spacial score (nSPS) is 14.6. The van der Waals surface area contributed by atoms with Crippen molar-refractivity contribution in [2.24, 2.45) is 0 Å². The highest BCUT2D eigenvalue weighted by Gasteiger charge is 2.29. The van der Waals surface area contributed by atoms with E-state index >= 15 is 0 Å². The number of anilines is 1. The van der Waals surface area contributed by atoms with Gasteiger partial charge in [0, 0.05) is 17.2 Å². The fourth-order valence-corrected chi connectivity index (χ4v) is 4.94. The highest BCUT2D eigenvalue weighted by Crippen LogP contribution is 2.42. The summed E-state index contributed by atoms with van der Waals surface area (Å²) in [5.41, 5.74) is 10.1. The molecule has 2 aromatic heterocycles. The molecule has 0 radical (unpaired) electrons. The second-order valence-corrected chi connectivity index (χ2v) is 10.5. The molecule has 0 unspecified atom stereocenters. The Morgan fingerprint density at radius 3 is 2.42 bits per heavy atom. The molecule has 0 spiro atoms. The van der Waals surface area contributed by atoms with Crippen LogP contribution in [0.25, 0.3) is 33.5 Å². The van der Waals surface area contributed by atoms with Gasteiger partial charge in [-0.2, -0.15) is 0 Å². The van der Waals surface area contributed by atoms with Crippen molar-refractivity contribution in [2.75, 3.05) is 5.73 Å². The minimum absolute atomic E-state index is 0.0599. The van der Waals surface area contributed by atoms with Gasteiger partial charge in [0.2, 0.25) is 16.0 Å². The molecule has 0 amide bonds. The Morgan fingerprint density at radius 1 is 1.10 bits per heavy atom. The quantitative estimate of drug-likeness (QED) is 0.503. The SMILES string of the molecule is CC(C)S(=O)(=O)n1c(N)nc2ccc(-c3c(-c4ccc(F)cc4)ncn3C3CC3)cc21. The van der Waals surface area contributed by atoms with Gasteiger partial charge in [0.15, 0.2) is 0 Å². The van der Waals surface area contributed by atoms with Crippen molar-refractivity contribution in [2.45, 2.75) is 38.0 Å². The second-order valence-electron chi connectivity index (χ2n) is 8.12. The second kappa shape index (κ2) is 6.91. The van der Waals surface area contributed by atoms with Gasteiger partial charge in [0.25, 0.3) is 0 Å². The van der Waals surface area contributed by atoms with E-state index in [1.807, 2.05) is 6.07 Å². The number of rotatable bonds is 5. The Hall–Kier alpha value is -3.20. The average molecular weight is 440 g/mol. The first-order valence-electron chi connectivity index (χ1n) is 10.1. The first-order valence-corrected chi connectivity index (χ1v) is 11.6. The van der Waals surface area contributed by atoms with Crippen LogP contribution >= 0.6 is 0 Å². The zero-order chi connectivity index (χ0) is 21.9. The summed E-state index contributed by atoms with van der Waals surface area (Å²) < 4.78 is 42.5. The number of halogens is 1. The Balaban J connectivity index is 1.75. The van der Waals surface area contributed by atoms with Gasteiger partial charge < -0.3 is 10.3 Å². The van der Waals surface area contributed by atoms with Crippen molar-refractivity contribution in [1.29, 1.82) is 0 Å². The minimum Gasteiger partial charge on any atom is -0.368 e. The number of benzene rings is 2. The zero-order valence-corrected chi connectivity index (χ0v) is 18.0. The van der Waals surface area contributed by atoms with E-state index in [0.717, 1.165) is 39.3 Å². The maximum Gasteiger partial charge on any atom is 0.244 e. The molecule has 160 valence electrons. The van der Waals surface area contributed by atoms with Crippen LogP contribution in [0.4, 0.5) is 10.3 Å². The van der Waals surface area contributed by atoms with Gasteiger partial charge in [-0.3, -0.25) is 0 Å². The molecule has 2 N–H and O–H groups in total. The van der Waals surface area contributed by atoms with Gasteiger partial charge in [0.1, 0.15) is 5.82 Å². The number of hydrogen-bond donors (Lipinski definition) is 1. The lowest BCUT2D eigenvalue weighted by Gasteiger charge is -2.13. The van der Waals surface area contributed by atoms with E-state index in [-0.39, 0.29) is 11.8 Å². The van der Waals surface area contributed by atoms with Gasteiger partial charge in [-0.1, -0.05) is 6.07 Å². The molecule has 2 heterocycles. The molecule has 1 aliphatic carbocycles. The highest BCUT2D eigenvalue weighted by atomic mass is 32.2. The van der Waals surface area contributed by atoms with Crippen molar-refractivity contribution in [1.82, 2.24) is 18.5 Å². The molecule has 9 heteroatoms. The number of imidazole rings is 2. The molecule has 1 saturated carbocycles. The predicted molar refractivity (Wildman–Crippen MR) is 118 cm³/mol. The average Bonchev–Trinajstić information content (AvgIpc) is 3.38. The summed E-state index contributed by atoms with van der Waals surface area (Å²) in [6, 6.07) is 12.0. The molecule has 0 saturated heterocycles. The van der Waals surface area contributed by atoms with Gasteiger partial charge in [0.05, 0.1) is 34.0 Å². The van der Waals surface area contributed by atoms with Gasteiger partial charge >= 0.3 is 0 Å². The van der Waals surface area contributed by atoms with E-state index < -0.39 is 15.3 Å². The molecular formula is C22H22FN5O2S. The van der Waals surface area contributed by atoms with Crippen LogP contribution in [0.15, 0.2) is 48.8 Å². The monoisotopic (exact) mass is 439 g/mol. The van der Waals surface area contributed by atoms with Crippen molar-refractivity contribution in [3.05, 3.63) is 54.6 Å². The van der Waals surface area contributed by atoms with Crippen LogP contribution in [-0.4, -0.2) is 32.2 Å². The third-order valence-electron chi connectivity index (χ3n) is 5.61. The zero-order valence-electron chi connectivity index (χ0n) is 17.2. The summed E-state index contributed by atoms with van der Waals surface area (Å²) in [6.45, 7) is 3.22. The summed E-state index contributed by atoms with van der Waals surface area (Å²) in [4.78, 5) is 8.86. The van der Waals surface area contributed by atoms with Crippen LogP contribution in [0.5, 0.6) is 0 Å². The van der Waals surface area contributed by atoms with E-state index in [1.54, 1.807) is 44.4 Å². The topological polar surface area (TPSA) is 95.8 Å². The summed E-state index contributed by atoms with van der Waals surface area (Å²) in [5, 5.41) is -0.650. The molecule has 5 rings (SSSR count). The molecule has 31 heavy (non-hydrogen) atoms. The van der Waals surface area contributed by atoms with Crippen LogP contribution in [0.2, 0.25) is 0 Å². The Bertz CT molecular complexity index is 1400. The summed E-state index contributed by atoms with van der Waals surface area (Å²) in [6.07, 6.45) is 3.91. The van der Waals surface area contributed by atoms with E-state index in [2.05, 4.69) is 14.5 Å². The van der Waals surface area contributed by atoms with Gasteiger partial charge in [-0.15, -0.1) is 0 Å². The predicted octanol–water partition coefficient (Wildman–Crippen LogP) is 4.21. The fraction of sp³-hybridized carbons (Fsp3) is 0.273. The van der Waals surface area contributed by atoms with Crippen LogP contribution in [0, 0.1) is 5.82 Å². The molecule has 1 aliphatic rings. The highest BCUT2D eigenvalue weighted by molar-refractivity contribution is 7.90. The van der Waals surface area contributed by atoms with Crippen LogP contribution in [0.3, 0.4) is 0 Å². The summed E-state index contributed by atoms with van der Waals surface area (Å²) >= 11 is 0. The lowest BCUT2D eigenvalue weighted by atomic mass is 10.0. The molecule has 7 nitrogen and oxygen atoms in total. The number of aromatic nitrogens is 4. The molecule has 0 aliphatic heterocycles. The van der Waals surface area contributed by atoms with Crippen LogP contribution in [0.1, 0.15) is 32.7 Å². The van der Waals surface area contributed by atoms with Crippen LogP contribution in [-0.2, 0) is 10.0 Å². The van der Waals surface area contributed by atoms with Gasteiger partial charge in [-0.25, -0.2) is 26.7 Å². The number of hydrogen-bond acceptors (Lipinski definition) is 5. The molecule has 2 aromatic carbocycles. The smallest absolute Gasteiger partial charge is 0.244 e. The van der Waals surface area contributed by atoms with Crippen LogP contribution < -0.4 is 5.73 Å². The molecule has 1 fully saturated rings. The van der Waals surface area contributed by atoms with Crippen molar-refractivity contribution in [3.8, 4) is 22.5 Å². The molecule has 0 bridgehead atoms. The van der Waals surface area contributed by atoms with Crippen molar-refractivity contribution in [3.63, 3.8) is 0 Å². The fourth-order valence-electron chi connectivity index (χ4n) is 3.79.